The maximum atomic E-state index is 12.9. The molecule has 1 atom stereocenters. The molecule has 2 rings (SSSR count). The minimum Gasteiger partial charge on any atom is -0.393 e. The summed E-state index contributed by atoms with van der Waals surface area (Å²) in [7, 11) is 0. The van der Waals surface area contributed by atoms with Gasteiger partial charge in [-0.15, -0.1) is 0 Å². The molecule has 1 amide bonds. The Labute approximate surface area is 128 Å². The van der Waals surface area contributed by atoms with Crippen molar-refractivity contribution < 1.29 is 18.8 Å². The minimum atomic E-state index is -0.451. The average molecular weight is 306 g/mol. The van der Waals surface area contributed by atoms with E-state index in [4.69, 9.17) is 4.52 Å². The monoisotopic (exact) mass is 306 g/mol. The lowest BCUT2D eigenvalue weighted by Gasteiger charge is -2.13. The molecule has 0 aliphatic rings. The van der Waals surface area contributed by atoms with Gasteiger partial charge in [-0.25, -0.2) is 4.39 Å². The van der Waals surface area contributed by atoms with Gasteiger partial charge in [0, 0.05) is 18.2 Å². The Morgan fingerprint density at radius 2 is 2.05 bits per heavy atom. The van der Waals surface area contributed by atoms with Gasteiger partial charge in [-0.05, 0) is 36.6 Å². The average Bonchev–Trinajstić information content (AvgIpc) is 2.97. The van der Waals surface area contributed by atoms with Crippen molar-refractivity contribution in [2.24, 2.45) is 5.92 Å². The van der Waals surface area contributed by atoms with Gasteiger partial charge in [0.2, 0.25) is 0 Å². The molecule has 0 aliphatic carbocycles. The van der Waals surface area contributed by atoms with Crippen LogP contribution in [0.15, 0.2) is 34.9 Å². The number of aromatic nitrogens is 1. The highest BCUT2D eigenvalue weighted by molar-refractivity contribution is 5.93. The first-order chi connectivity index (χ1) is 10.5. The van der Waals surface area contributed by atoms with E-state index in [-0.39, 0.29) is 23.3 Å². The van der Waals surface area contributed by atoms with Crippen LogP contribution in [0.1, 0.15) is 30.8 Å². The van der Waals surface area contributed by atoms with E-state index in [1.807, 2.05) is 13.8 Å². The molecule has 22 heavy (non-hydrogen) atoms. The Morgan fingerprint density at radius 3 is 2.68 bits per heavy atom. The first-order valence-electron chi connectivity index (χ1n) is 7.16. The first kappa shape index (κ1) is 16.2. The number of aliphatic hydroxyl groups is 1. The molecule has 0 spiro atoms. The fourth-order valence-corrected chi connectivity index (χ4v) is 1.89. The van der Waals surface area contributed by atoms with Crippen molar-refractivity contribution in [2.45, 2.75) is 26.4 Å². The normalized spacial score (nSPS) is 12.4. The Balaban J connectivity index is 1.93. The molecule has 1 heterocycles. The Bertz CT molecular complexity index is 623. The van der Waals surface area contributed by atoms with Crippen LogP contribution >= 0.6 is 0 Å². The van der Waals surface area contributed by atoms with E-state index in [0.29, 0.717) is 24.3 Å². The van der Waals surface area contributed by atoms with Gasteiger partial charge in [0.15, 0.2) is 11.5 Å². The number of carbonyl (C=O) groups excluding carboxylic acids is 1. The number of nitrogens with zero attached hydrogens (tertiary/aromatic N) is 1. The topological polar surface area (TPSA) is 75.4 Å². The second kappa shape index (κ2) is 7.17. The van der Waals surface area contributed by atoms with E-state index >= 15 is 0 Å². The highest BCUT2D eigenvalue weighted by Gasteiger charge is 2.15. The summed E-state index contributed by atoms with van der Waals surface area (Å²) in [4.78, 5) is 11.9. The van der Waals surface area contributed by atoms with Gasteiger partial charge in [0.25, 0.3) is 5.91 Å². The maximum Gasteiger partial charge on any atom is 0.273 e. The van der Waals surface area contributed by atoms with Gasteiger partial charge in [-0.2, -0.15) is 0 Å². The summed E-state index contributed by atoms with van der Waals surface area (Å²) >= 11 is 0. The lowest BCUT2D eigenvalue weighted by molar-refractivity contribution is 0.0912. The van der Waals surface area contributed by atoms with Crippen LogP contribution < -0.4 is 5.32 Å². The lowest BCUT2D eigenvalue weighted by atomic mass is 10.0. The van der Waals surface area contributed by atoms with Crippen molar-refractivity contribution >= 4 is 5.91 Å². The fraction of sp³-hybridized carbons (Fsp3) is 0.375. The van der Waals surface area contributed by atoms with Crippen molar-refractivity contribution in [3.8, 4) is 11.3 Å². The molecular formula is C16H19FN2O3. The minimum absolute atomic E-state index is 0.147. The number of amides is 1. The molecule has 0 aliphatic heterocycles. The first-order valence-corrected chi connectivity index (χ1v) is 7.16. The van der Waals surface area contributed by atoms with E-state index < -0.39 is 6.10 Å². The molecule has 0 saturated heterocycles. The number of benzene rings is 1. The zero-order chi connectivity index (χ0) is 16.1. The van der Waals surface area contributed by atoms with Crippen LogP contribution in [0.2, 0.25) is 0 Å². The predicted molar refractivity (Wildman–Crippen MR) is 79.7 cm³/mol. The molecule has 1 unspecified atom stereocenters. The van der Waals surface area contributed by atoms with E-state index in [0.717, 1.165) is 0 Å². The van der Waals surface area contributed by atoms with Crippen molar-refractivity contribution in [1.29, 1.82) is 0 Å². The molecule has 0 bridgehead atoms. The number of aliphatic hydroxyl groups excluding tert-OH is 1. The highest BCUT2D eigenvalue weighted by atomic mass is 19.1. The molecule has 1 aromatic heterocycles. The van der Waals surface area contributed by atoms with Crippen molar-refractivity contribution in [3.63, 3.8) is 0 Å². The Morgan fingerprint density at radius 1 is 1.36 bits per heavy atom. The molecule has 2 aromatic rings. The number of hydrogen-bond donors (Lipinski definition) is 2. The largest absolute Gasteiger partial charge is 0.393 e. The van der Waals surface area contributed by atoms with Crippen LogP contribution in [-0.4, -0.2) is 28.8 Å². The summed E-state index contributed by atoms with van der Waals surface area (Å²) in [5, 5.41) is 16.1. The van der Waals surface area contributed by atoms with Crippen molar-refractivity contribution in [3.05, 3.63) is 41.8 Å². The van der Waals surface area contributed by atoms with Crippen LogP contribution in [0, 0.1) is 11.7 Å². The van der Waals surface area contributed by atoms with E-state index in [1.54, 1.807) is 12.1 Å². The summed E-state index contributed by atoms with van der Waals surface area (Å²) in [6.07, 6.45) is 0.0268. The van der Waals surface area contributed by atoms with E-state index in [9.17, 15) is 14.3 Å². The number of hydrogen-bond acceptors (Lipinski definition) is 4. The zero-order valence-electron chi connectivity index (χ0n) is 12.5. The third kappa shape index (κ3) is 4.14. The number of nitrogens with one attached hydrogen (secondary N) is 1. The molecular weight excluding hydrogens is 287 g/mol. The Kier molecular flexibility index (Phi) is 5.27. The van der Waals surface area contributed by atoms with E-state index in [1.165, 1.54) is 18.2 Å². The SMILES string of the molecule is CC(C)C(O)CCNC(=O)c1cc(-c2ccc(F)cc2)on1. The summed E-state index contributed by atoms with van der Waals surface area (Å²) < 4.78 is 18.0. The second-order valence-corrected chi connectivity index (χ2v) is 5.44. The molecule has 2 N–H and O–H groups in total. The van der Waals surface area contributed by atoms with Gasteiger partial charge >= 0.3 is 0 Å². The Hall–Kier alpha value is -2.21. The molecule has 1 aromatic carbocycles. The molecule has 0 radical (unpaired) electrons. The quantitative estimate of drug-likeness (QED) is 0.860. The predicted octanol–water partition coefficient (Wildman–Crippen LogP) is 2.62. The van der Waals surface area contributed by atoms with Gasteiger partial charge in [0.1, 0.15) is 5.82 Å². The maximum absolute atomic E-state index is 12.9. The fourth-order valence-electron chi connectivity index (χ4n) is 1.89. The highest BCUT2D eigenvalue weighted by Crippen LogP contribution is 2.20. The molecule has 5 nitrogen and oxygen atoms in total. The summed E-state index contributed by atoms with van der Waals surface area (Å²) in [6, 6.07) is 7.23. The summed E-state index contributed by atoms with van der Waals surface area (Å²) in [5.74, 6) is -0.167. The smallest absolute Gasteiger partial charge is 0.273 e. The van der Waals surface area contributed by atoms with Crippen molar-refractivity contribution in [2.75, 3.05) is 6.54 Å². The van der Waals surface area contributed by atoms with Gasteiger partial charge < -0.3 is 14.9 Å². The molecule has 0 fully saturated rings. The van der Waals surface area contributed by atoms with Crippen LogP contribution in [0.5, 0.6) is 0 Å². The van der Waals surface area contributed by atoms with Gasteiger partial charge in [0.05, 0.1) is 6.10 Å². The van der Waals surface area contributed by atoms with Gasteiger partial charge in [-0.3, -0.25) is 4.79 Å². The number of carbonyl (C=O) groups is 1. The number of rotatable bonds is 6. The molecule has 0 saturated carbocycles. The zero-order valence-corrected chi connectivity index (χ0v) is 12.5. The molecule has 118 valence electrons. The summed E-state index contributed by atoms with van der Waals surface area (Å²) in [6.45, 7) is 4.19. The van der Waals surface area contributed by atoms with Crippen LogP contribution in [0.3, 0.4) is 0 Å². The summed E-state index contributed by atoms with van der Waals surface area (Å²) in [5.41, 5.74) is 0.793. The lowest BCUT2D eigenvalue weighted by Crippen LogP contribution is -2.28. The molecule has 6 heteroatoms. The second-order valence-electron chi connectivity index (χ2n) is 5.44. The standard InChI is InChI=1S/C16H19FN2O3/c1-10(2)14(20)7-8-18-16(21)13-9-15(22-19-13)11-3-5-12(17)6-4-11/h3-6,9-10,14,20H,7-8H2,1-2H3,(H,18,21). The van der Waals surface area contributed by atoms with Crippen molar-refractivity contribution in [1.82, 2.24) is 10.5 Å². The number of halogens is 1. The van der Waals surface area contributed by atoms with Gasteiger partial charge in [-0.1, -0.05) is 19.0 Å². The van der Waals surface area contributed by atoms with Crippen LogP contribution in [0.25, 0.3) is 11.3 Å². The third-order valence-electron chi connectivity index (χ3n) is 3.37. The third-order valence-corrected chi connectivity index (χ3v) is 3.37. The van der Waals surface area contributed by atoms with Crippen LogP contribution in [-0.2, 0) is 0 Å². The van der Waals surface area contributed by atoms with Crippen LogP contribution in [0.4, 0.5) is 4.39 Å². The van der Waals surface area contributed by atoms with E-state index in [2.05, 4.69) is 10.5 Å².